The van der Waals surface area contributed by atoms with Crippen molar-refractivity contribution in [2.45, 2.75) is 26.8 Å². The SMILES string of the molecule is CCc1ccc2c(c1)c(=O)c1ccccc1n2CC. The number of rotatable bonds is 2. The summed E-state index contributed by atoms with van der Waals surface area (Å²) in [5.41, 5.74) is 3.41. The van der Waals surface area contributed by atoms with Crippen LogP contribution in [0.2, 0.25) is 0 Å². The molecule has 1 aromatic heterocycles. The highest BCUT2D eigenvalue weighted by atomic mass is 16.1. The molecule has 0 radical (unpaired) electrons. The maximum Gasteiger partial charge on any atom is 0.197 e. The van der Waals surface area contributed by atoms with E-state index >= 15 is 0 Å². The predicted octanol–water partition coefficient (Wildman–Crippen LogP) is 3.74. The average molecular weight is 251 g/mol. The van der Waals surface area contributed by atoms with Gasteiger partial charge in [0.15, 0.2) is 5.43 Å². The number of aromatic nitrogens is 1. The zero-order chi connectivity index (χ0) is 13.4. The standard InChI is InChI=1S/C17H17NO/c1-3-12-9-10-16-14(11-12)17(19)13-7-5-6-8-15(13)18(16)4-2/h5-11H,3-4H2,1-2H3. The highest BCUT2D eigenvalue weighted by Gasteiger charge is 2.09. The first-order valence-corrected chi connectivity index (χ1v) is 6.80. The predicted molar refractivity (Wildman–Crippen MR) is 80.8 cm³/mol. The van der Waals surface area contributed by atoms with Gasteiger partial charge in [-0.15, -0.1) is 0 Å². The Balaban J connectivity index is 2.57. The van der Waals surface area contributed by atoms with Crippen molar-refractivity contribution in [1.29, 1.82) is 0 Å². The molecule has 0 atom stereocenters. The lowest BCUT2D eigenvalue weighted by atomic mass is 10.1. The quantitative estimate of drug-likeness (QED) is 0.636. The van der Waals surface area contributed by atoms with Crippen LogP contribution in [0.15, 0.2) is 47.3 Å². The van der Waals surface area contributed by atoms with E-state index < -0.39 is 0 Å². The molecule has 0 saturated carbocycles. The van der Waals surface area contributed by atoms with Crippen LogP contribution in [0.4, 0.5) is 0 Å². The minimum Gasteiger partial charge on any atom is -0.341 e. The summed E-state index contributed by atoms with van der Waals surface area (Å²) in [6, 6.07) is 14.1. The van der Waals surface area contributed by atoms with E-state index in [4.69, 9.17) is 0 Å². The molecule has 2 aromatic carbocycles. The Morgan fingerprint density at radius 2 is 1.68 bits per heavy atom. The molecule has 19 heavy (non-hydrogen) atoms. The number of pyridine rings is 1. The number of para-hydroxylation sites is 1. The van der Waals surface area contributed by atoms with Gasteiger partial charge in [-0.25, -0.2) is 0 Å². The van der Waals surface area contributed by atoms with Crippen LogP contribution in [0, 0.1) is 0 Å². The van der Waals surface area contributed by atoms with Crippen LogP contribution in [0.3, 0.4) is 0 Å². The van der Waals surface area contributed by atoms with E-state index in [-0.39, 0.29) is 5.43 Å². The largest absolute Gasteiger partial charge is 0.341 e. The van der Waals surface area contributed by atoms with Gasteiger partial charge in [0.25, 0.3) is 0 Å². The van der Waals surface area contributed by atoms with Crippen molar-refractivity contribution < 1.29 is 0 Å². The van der Waals surface area contributed by atoms with Crippen LogP contribution in [0.5, 0.6) is 0 Å². The molecule has 0 aliphatic carbocycles. The molecule has 0 N–H and O–H groups in total. The van der Waals surface area contributed by atoms with E-state index in [0.717, 1.165) is 34.8 Å². The molecule has 0 saturated heterocycles. The Morgan fingerprint density at radius 1 is 0.947 bits per heavy atom. The summed E-state index contributed by atoms with van der Waals surface area (Å²) < 4.78 is 2.21. The number of benzene rings is 2. The van der Waals surface area contributed by atoms with Gasteiger partial charge in [0.2, 0.25) is 0 Å². The fourth-order valence-corrected chi connectivity index (χ4v) is 2.74. The van der Waals surface area contributed by atoms with Gasteiger partial charge >= 0.3 is 0 Å². The molecule has 2 nitrogen and oxygen atoms in total. The minimum absolute atomic E-state index is 0.144. The van der Waals surface area contributed by atoms with Crippen LogP contribution in [-0.4, -0.2) is 4.57 Å². The molecule has 3 aromatic rings. The summed E-state index contributed by atoms with van der Waals surface area (Å²) in [6.07, 6.45) is 0.953. The summed E-state index contributed by atoms with van der Waals surface area (Å²) in [6.45, 7) is 5.09. The molecular formula is C17H17NO. The number of hydrogen-bond donors (Lipinski definition) is 0. The van der Waals surface area contributed by atoms with Crippen molar-refractivity contribution in [2.75, 3.05) is 0 Å². The first kappa shape index (κ1) is 12.0. The second-order valence-electron chi connectivity index (χ2n) is 4.80. The molecule has 0 bridgehead atoms. The summed E-state index contributed by atoms with van der Waals surface area (Å²) in [4.78, 5) is 12.6. The second kappa shape index (κ2) is 4.54. The molecule has 0 aliphatic rings. The number of nitrogens with zero attached hydrogens (tertiary/aromatic N) is 1. The first-order valence-electron chi connectivity index (χ1n) is 6.80. The van der Waals surface area contributed by atoms with E-state index in [1.54, 1.807) is 0 Å². The Morgan fingerprint density at radius 3 is 2.42 bits per heavy atom. The summed E-state index contributed by atoms with van der Waals surface area (Å²) in [5.74, 6) is 0. The molecule has 2 heteroatoms. The maximum absolute atomic E-state index is 12.6. The van der Waals surface area contributed by atoms with Crippen LogP contribution < -0.4 is 5.43 Å². The van der Waals surface area contributed by atoms with Crippen molar-refractivity contribution in [2.24, 2.45) is 0 Å². The van der Waals surface area contributed by atoms with Crippen molar-refractivity contribution in [3.05, 3.63) is 58.3 Å². The van der Waals surface area contributed by atoms with Crippen molar-refractivity contribution >= 4 is 21.8 Å². The fraction of sp³-hybridized carbons (Fsp3) is 0.235. The van der Waals surface area contributed by atoms with Crippen LogP contribution in [-0.2, 0) is 13.0 Å². The second-order valence-corrected chi connectivity index (χ2v) is 4.80. The van der Waals surface area contributed by atoms with Gasteiger partial charge in [0.1, 0.15) is 0 Å². The topological polar surface area (TPSA) is 22.0 Å². The third kappa shape index (κ3) is 1.75. The Labute approximate surface area is 112 Å². The van der Waals surface area contributed by atoms with Crippen LogP contribution in [0.1, 0.15) is 19.4 Å². The number of fused-ring (bicyclic) bond motifs is 2. The molecule has 96 valence electrons. The molecule has 0 aliphatic heterocycles. The van der Waals surface area contributed by atoms with E-state index in [1.807, 2.05) is 30.3 Å². The molecule has 1 heterocycles. The first-order chi connectivity index (χ1) is 9.26. The molecule has 0 spiro atoms. The van der Waals surface area contributed by atoms with Gasteiger partial charge in [0, 0.05) is 17.3 Å². The molecule has 0 unspecified atom stereocenters. The van der Waals surface area contributed by atoms with E-state index in [9.17, 15) is 4.79 Å². The Bertz CT molecular complexity index is 814. The summed E-state index contributed by atoms with van der Waals surface area (Å²) >= 11 is 0. The molecule has 0 amide bonds. The fourth-order valence-electron chi connectivity index (χ4n) is 2.74. The van der Waals surface area contributed by atoms with Crippen LogP contribution in [0.25, 0.3) is 21.8 Å². The lowest BCUT2D eigenvalue weighted by Gasteiger charge is -2.13. The molecule has 0 fully saturated rings. The normalized spacial score (nSPS) is 11.3. The maximum atomic E-state index is 12.6. The Hall–Kier alpha value is -2.09. The van der Waals surface area contributed by atoms with Gasteiger partial charge in [-0.3, -0.25) is 4.79 Å². The van der Waals surface area contributed by atoms with Gasteiger partial charge < -0.3 is 4.57 Å². The minimum atomic E-state index is 0.144. The van der Waals surface area contributed by atoms with Crippen molar-refractivity contribution in [3.8, 4) is 0 Å². The van der Waals surface area contributed by atoms with Gasteiger partial charge in [0.05, 0.1) is 11.0 Å². The number of aryl methyl sites for hydroxylation is 2. The van der Waals surface area contributed by atoms with Crippen molar-refractivity contribution in [3.63, 3.8) is 0 Å². The zero-order valence-corrected chi connectivity index (χ0v) is 11.3. The highest BCUT2D eigenvalue weighted by molar-refractivity contribution is 5.93. The van der Waals surface area contributed by atoms with Gasteiger partial charge in [-0.1, -0.05) is 25.1 Å². The monoisotopic (exact) mass is 251 g/mol. The third-order valence-corrected chi connectivity index (χ3v) is 3.76. The highest BCUT2D eigenvalue weighted by Crippen LogP contribution is 2.20. The van der Waals surface area contributed by atoms with E-state index in [0.29, 0.717) is 0 Å². The van der Waals surface area contributed by atoms with Crippen LogP contribution >= 0.6 is 0 Å². The third-order valence-electron chi connectivity index (χ3n) is 3.76. The molecular weight excluding hydrogens is 234 g/mol. The number of hydrogen-bond acceptors (Lipinski definition) is 1. The smallest absolute Gasteiger partial charge is 0.197 e. The van der Waals surface area contributed by atoms with Gasteiger partial charge in [-0.2, -0.15) is 0 Å². The average Bonchev–Trinajstić information content (AvgIpc) is 2.48. The lowest BCUT2D eigenvalue weighted by Crippen LogP contribution is -2.11. The lowest BCUT2D eigenvalue weighted by molar-refractivity contribution is 0.821. The van der Waals surface area contributed by atoms with E-state index in [2.05, 4.69) is 30.5 Å². The molecule has 3 rings (SSSR count). The van der Waals surface area contributed by atoms with E-state index in [1.165, 1.54) is 5.56 Å². The summed E-state index contributed by atoms with van der Waals surface area (Å²) in [5, 5.41) is 1.64. The Kier molecular flexibility index (Phi) is 2.86. The summed E-state index contributed by atoms with van der Waals surface area (Å²) in [7, 11) is 0. The van der Waals surface area contributed by atoms with Gasteiger partial charge in [-0.05, 0) is 43.2 Å². The van der Waals surface area contributed by atoms with Crippen molar-refractivity contribution in [1.82, 2.24) is 4.57 Å². The zero-order valence-electron chi connectivity index (χ0n) is 11.3.